The maximum absolute atomic E-state index is 12.2. The molecule has 122 valence electrons. The van der Waals surface area contributed by atoms with Crippen LogP contribution in [0.3, 0.4) is 0 Å². The predicted molar refractivity (Wildman–Crippen MR) is 87.2 cm³/mol. The SMILES string of the molecule is C=CCN1C(=O)N/C(=C/c2ccc(OCC)cc2OCC)C1=O. The molecule has 0 atom stereocenters. The summed E-state index contributed by atoms with van der Waals surface area (Å²) in [5.41, 5.74) is 0.904. The van der Waals surface area contributed by atoms with Gasteiger partial charge in [0.05, 0.1) is 13.2 Å². The van der Waals surface area contributed by atoms with Gasteiger partial charge in [0.2, 0.25) is 0 Å². The van der Waals surface area contributed by atoms with E-state index in [2.05, 4.69) is 11.9 Å². The van der Waals surface area contributed by atoms with Crippen LogP contribution < -0.4 is 14.8 Å². The first kappa shape index (κ1) is 16.6. The van der Waals surface area contributed by atoms with E-state index >= 15 is 0 Å². The monoisotopic (exact) mass is 316 g/mol. The number of nitrogens with one attached hydrogen (secondary N) is 1. The second-order valence-electron chi connectivity index (χ2n) is 4.76. The van der Waals surface area contributed by atoms with Crippen molar-refractivity contribution in [1.82, 2.24) is 10.2 Å². The molecule has 1 N–H and O–H groups in total. The number of urea groups is 1. The minimum atomic E-state index is -0.454. The lowest BCUT2D eigenvalue weighted by Crippen LogP contribution is -2.30. The Morgan fingerprint density at radius 3 is 2.61 bits per heavy atom. The molecule has 1 aromatic rings. The van der Waals surface area contributed by atoms with E-state index in [1.807, 2.05) is 13.8 Å². The minimum absolute atomic E-state index is 0.170. The number of hydrogen-bond acceptors (Lipinski definition) is 4. The van der Waals surface area contributed by atoms with E-state index < -0.39 is 6.03 Å². The lowest BCUT2D eigenvalue weighted by molar-refractivity contribution is -0.122. The maximum Gasteiger partial charge on any atom is 0.329 e. The summed E-state index contributed by atoms with van der Waals surface area (Å²) in [6, 6.07) is 4.90. The van der Waals surface area contributed by atoms with Crippen LogP contribution in [0.5, 0.6) is 11.5 Å². The highest BCUT2D eigenvalue weighted by Gasteiger charge is 2.32. The van der Waals surface area contributed by atoms with Crippen molar-refractivity contribution >= 4 is 18.0 Å². The van der Waals surface area contributed by atoms with E-state index in [0.717, 1.165) is 4.90 Å². The van der Waals surface area contributed by atoms with Crippen LogP contribution >= 0.6 is 0 Å². The molecular formula is C17H20N2O4. The molecule has 1 aliphatic heterocycles. The van der Waals surface area contributed by atoms with Crippen LogP contribution in [0.4, 0.5) is 4.79 Å². The summed E-state index contributed by atoms with van der Waals surface area (Å²) in [7, 11) is 0. The summed E-state index contributed by atoms with van der Waals surface area (Å²) in [5, 5.41) is 2.56. The first-order valence-corrected chi connectivity index (χ1v) is 7.45. The number of carbonyl (C=O) groups is 2. The number of benzene rings is 1. The van der Waals surface area contributed by atoms with Crippen LogP contribution in [0.2, 0.25) is 0 Å². The molecule has 1 fully saturated rings. The fourth-order valence-corrected chi connectivity index (χ4v) is 2.19. The average Bonchev–Trinajstić information content (AvgIpc) is 2.78. The van der Waals surface area contributed by atoms with E-state index in [4.69, 9.17) is 9.47 Å². The van der Waals surface area contributed by atoms with E-state index in [-0.39, 0.29) is 18.1 Å². The van der Waals surface area contributed by atoms with Gasteiger partial charge >= 0.3 is 6.03 Å². The Balaban J connectivity index is 2.32. The highest BCUT2D eigenvalue weighted by Crippen LogP contribution is 2.28. The molecule has 1 saturated heterocycles. The van der Waals surface area contributed by atoms with Crippen molar-refractivity contribution in [3.05, 3.63) is 42.1 Å². The molecule has 0 radical (unpaired) electrons. The Hall–Kier alpha value is -2.76. The van der Waals surface area contributed by atoms with E-state index in [9.17, 15) is 9.59 Å². The van der Waals surface area contributed by atoms with Gasteiger partial charge in [-0.3, -0.25) is 9.69 Å². The number of ether oxygens (including phenoxy) is 2. The van der Waals surface area contributed by atoms with Crippen molar-refractivity contribution in [2.75, 3.05) is 19.8 Å². The van der Waals surface area contributed by atoms with Crippen molar-refractivity contribution in [3.63, 3.8) is 0 Å². The van der Waals surface area contributed by atoms with Gasteiger partial charge in [0.15, 0.2) is 0 Å². The van der Waals surface area contributed by atoms with Gasteiger partial charge in [-0.25, -0.2) is 4.79 Å². The maximum atomic E-state index is 12.2. The number of carbonyl (C=O) groups excluding carboxylic acids is 2. The van der Waals surface area contributed by atoms with E-state index in [1.54, 1.807) is 24.3 Å². The number of nitrogens with zero attached hydrogens (tertiary/aromatic N) is 1. The highest BCUT2D eigenvalue weighted by molar-refractivity contribution is 6.14. The van der Waals surface area contributed by atoms with Gasteiger partial charge in [0.1, 0.15) is 17.2 Å². The van der Waals surface area contributed by atoms with E-state index in [1.165, 1.54) is 6.08 Å². The van der Waals surface area contributed by atoms with Crippen molar-refractivity contribution in [2.24, 2.45) is 0 Å². The first-order chi connectivity index (χ1) is 11.1. The third-order valence-corrected chi connectivity index (χ3v) is 3.17. The van der Waals surface area contributed by atoms with Crippen LogP contribution in [0.1, 0.15) is 19.4 Å². The zero-order chi connectivity index (χ0) is 16.8. The Kier molecular flexibility index (Phi) is 5.41. The molecular weight excluding hydrogens is 296 g/mol. The summed E-state index contributed by atoms with van der Waals surface area (Å²) in [6.07, 6.45) is 3.10. The Labute approximate surface area is 135 Å². The molecule has 6 heteroatoms. The summed E-state index contributed by atoms with van der Waals surface area (Å²) in [6.45, 7) is 8.52. The third-order valence-electron chi connectivity index (χ3n) is 3.17. The molecule has 0 bridgehead atoms. The lowest BCUT2D eigenvalue weighted by atomic mass is 10.1. The second-order valence-corrected chi connectivity index (χ2v) is 4.76. The minimum Gasteiger partial charge on any atom is -0.494 e. The number of imide groups is 1. The number of amides is 3. The number of rotatable bonds is 7. The van der Waals surface area contributed by atoms with Gasteiger partial charge in [-0.2, -0.15) is 0 Å². The van der Waals surface area contributed by atoms with Crippen LogP contribution in [0, 0.1) is 0 Å². The molecule has 0 aliphatic carbocycles. The highest BCUT2D eigenvalue weighted by atomic mass is 16.5. The molecule has 1 aromatic carbocycles. The standard InChI is InChI=1S/C17H20N2O4/c1-4-9-19-16(20)14(18-17(19)21)10-12-7-8-13(22-5-2)11-15(12)23-6-3/h4,7-8,10-11H,1,5-6,9H2,2-3H3,(H,18,21)/b14-10+. The van der Waals surface area contributed by atoms with Crippen LogP contribution in [0.15, 0.2) is 36.6 Å². The molecule has 6 nitrogen and oxygen atoms in total. The first-order valence-electron chi connectivity index (χ1n) is 7.45. The Morgan fingerprint density at radius 1 is 1.22 bits per heavy atom. The van der Waals surface area contributed by atoms with Crippen molar-refractivity contribution in [2.45, 2.75) is 13.8 Å². The molecule has 0 spiro atoms. The van der Waals surface area contributed by atoms with Gasteiger partial charge in [-0.1, -0.05) is 6.08 Å². The normalized spacial score (nSPS) is 15.7. The zero-order valence-corrected chi connectivity index (χ0v) is 13.3. The summed E-state index contributed by atoms with van der Waals surface area (Å²) in [5.74, 6) is 0.898. The smallest absolute Gasteiger partial charge is 0.329 e. The van der Waals surface area contributed by atoms with Crippen LogP contribution in [0.25, 0.3) is 6.08 Å². The molecule has 1 aliphatic rings. The van der Waals surface area contributed by atoms with Gasteiger partial charge < -0.3 is 14.8 Å². The summed E-state index contributed by atoms with van der Waals surface area (Å²) < 4.78 is 11.0. The fourth-order valence-electron chi connectivity index (χ4n) is 2.19. The zero-order valence-electron chi connectivity index (χ0n) is 13.3. The summed E-state index contributed by atoms with van der Waals surface area (Å²) >= 11 is 0. The van der Waals surface area contributed by atoms with Gasteiger partial charge in [0, 0.05) is 18.2 Å². The third kappa shape index (κ3) is 3.71. The Bertz CT molecular complexity index is 652. The second kappa shape index (κ2) is 7.49. The van der Waals surface area contributed by atoms with Crippen molar-refractivity contribution < 1.29 is 19.1 Å². The van der Waals surface area contributed by atoms with Gasteiger partial charge in [0.25, 0.3) is 5.91 Å². The topological polar surface area (TPSA) is 67.9 Å². The van der Waals surface area contributed by atoms with Gasteiger partial charge in [-0.05, 0) is 32.1 Å². The molecule has 1 heterocycles. The largest absolute Gasteiger partial charge is 0.494 e. The molecule has 0 unspecified atom stereocenters. The predicted octanol–water partition coefficient (Wildman–Crippen LogP) is 2.56. The fraction of sp³-hybridized carbons (Fsp3) is 0.294. The molecule has 0 aromatic heterocycles. The lowest BCUT2D eigenvalue weighted by Gasteiger charge is -2.11. The van der Waals surface area contributed by atoms with Crippen LogP contribution in [-0.2, 0) is 4.79 Å². The van der Waals surface area contributed by atoms with E-state index in [0.29, 0.717) is 30.3 Å². The molecule has 23 heavy (non-hydrogen) atoms. The van der Waals surface area contributed by atoms with Crippen LogP contribution in [-0.4, -0.2) is 36.6 Å². The Morgan fingerprint density at radius 2 is 1.96 bits per heavy atom. The van der Waals surface area contributed by atoms with Gasteiger partial charge in [-0.15, -0.1) is 6.58 Å². The average molecular weight is 316 g/mol. The molecule has 0 saturated carbocycles. The van der Waals surface area contributed by atoms with Crippen molar-refractivity contribution in [3.8, 4) is 11.5 Å². The van der Waals surface area contributed by atoms with Crippen molar-refractivity contribution in [1.29, 1.82) is 0 Å². The molecule has 2 rings (SSSR count). The number of hydrogen-bond donors (Lipinski definition) is 1. The molecule has 3 amide bonds. The summed E-state index contributed by atoms with van der Waals surface area (Å²) in [4.78, 5) is 25.1. The quantitative estimate of drug-likeness (QED) is 0.477.